The van der Waals surface area contributed by atoms with E-state index < -0.39 is 11.6 Å². The Bertz CT molecular complexity index is 1120. The molecule has 0 spiro atoms. The van der Waals surface area contributed by atoms with Gasteiger partial charge in [-0.15, -0.1) is 5.10 Å². The zero-order valence-corrected chi connectivity index (χ0v) is 17.1. The molecule has 3 aromatic rings. The van der Waals surface area contributed by atoms with Crippen LogP contribution < -0.4 is 10.2 Å². The number of hydrogen-bond acceptors (Lipinski definition) is 5. The molecule has 2 saturated heterocycles. The van der Waals surface area contributed by atoms with Crippen LogP contribution in [0.1, 0.15) is 18.4 Å². The first-order valence-corrected chi connectivity index (χ1v) is 10.3. The second-order valence-electron chi connectivity index (χ2n) is 8.07. The summed E-state index contributed by atoms with van der Waals surface area (Å²) in [5.41, 5.74) is 3.22. The Labute approximate surface area is 178 Å². The normalized spacial score (nSPS) is 16.7. The van der Waals surface area contributed by atoms with Crippen molar-refractivity contribution >= 4 is 23.2 Å². The highest BCUT2D eigenvalue weighted by molar-refractivity contribution is 5.79. The van der Waals surface area contributed by atoms with Crippen LogP contribution in [0.3, 0.4) is 0 Å². The molecule has 3 heterocycles. The number of aryl methyl sites for hydroxylation is 1. The van der Waals surface area contributed by atoms with Crippen LogP contribution in [0.5, 0.6) is 0 Å². The first-order chi connectivity index (χ1) is 14.9. The van der Waals surface area contributed by atoms with E-state index in [0.29, 0.717) is 12.4 Å². The minimum atomic E-state index is -0.674. The second kappa shape index (κ2) is 7.64. The fraction of sp³-hybridized carbons (Fsp3) is 0.318. The SMILES string of the molecule is Cc1cc(Nc2ncn(-c3cc(F)cc(F)c3)n2)cc(N2CC(N3CCCC3=O)C2)c1. The van der Waals surface area contributed by atoms with E-state index >= 15 is 0 Å². The van der Waals surface area contributed by atoms with E-state index in [1.165, 1.54) is 23.1 Å². The first kappa shape index (κ1) is 19.5. The molecule has 0 radical (unpaired) electrons. The fourth-order valence-electron chi connectivity index (χ4n) is 4.18. The van der Waals surface area contributed by atoms with Crippen LogP contribution in [-0.4, -0.2) is 51.2 Å². The van der Waals surface area contributed by atoms with Gasteiger partial charge in [0.15, 0.2) is 0 Å². The number of rotatable bonds is 5. The number of carbonyl (C=O) groups is 1. The van der Waals surface area contributed by atoms with Crippen molar-refractivity contribution in [1.29, 1.82) is 0 Å². The Balaban J connectivity index is 1.29. The van der Waals surface area contributed by atoms with Crippen LogP contribution in [0, 0.1) is 18.6 Å². The highest BCUT2D eigenvalue weighted by atomic mass is 19.1. The van der Waals surface area contributed by atoms with Gasteiger partial charge in [-0.1, -0.05) is 0 Å². The lowest BCUT2D eigenvalue weighted by Gasteiger charge is -2.45. The van der Waals surface area contributed by atoms with Gasteiger partial charge in [0, 0.05) is 43.5 Å². The lowest BCUT2D eigenvalue weighted by atomic mass is 10.0. The first-order valence-electron chi connectivity index (χ1n) is 10.3. The number of halogens is 2. The van der Waals surface area contributed by atoms with Gasteiger partial charge in [0.1, 0.15) is 18.0 Å². The third-order valence-corrected chi connectivity index (χ3v) is 5.70. The summed E-state index contributed by atoms with van der Waals surface area (Å²) in [5.74, 6) is -0.764. The molecule has 2 fully saturated rings. The molecule has 0 atom stereocenters. The van der Waals surface area contributed by atoms with E-state index in [1.807, 2.05) is 24.0 Å². The molecule has 0 unspecified atom stereocenters. The van der Waals surface area contributed by atoms with Crippen molar-refractivity contribution in [3.63, 3.8) is 0 Å². The maximum atomic E-state index is 13.5. The predicted molar refractivity (Wildman–Crippen MR) is 113 cm³/mol. The highest BCUT2D eigenvalue weighted by Gasteiger charge is 2.36. The lowest BCUT2D eigenvalue weighted by Crippen LogP contribution is -2.59. The van der Waals surface area contributed by atoms with E-state index in [2.05, 4.69) is 26.4 Å². The molecule has 0 aliphatic carbocycles. The summed E-state index contributed by atoms with van der Waals surface area (Å²) in [7, 11) is 0. The topological polar surface area (TPSA) is 66.3 Å². The van der Waals surface area contributed by atoms with Crippen LogP contribution in [0.4, 0.5) is 26.1 Å². The number of carbonyl (C=O) groups excluding carboxylic acids is 1. The number of nitrogens with one attached hydrogen (secondary N) is 1. The van der Waals surface area contributed by atoms with Crippen LogP contribution in [-0.2, 0) is 4.79 Å². The van der Waals surface area contributed by atoms with Crippen molar-refractivity contribution in [3.8, 4) is 5.69 Å². The number of likely N-dealkylation sites (tertiary alicyclic amines) is 1. The number of benzene rings is 2. The Morgan fingerprint density at radius 1 is 1.03 bits per heavy atom. The van der Waals surface area contributed by atoms with Crippen molar-refractivity contribution in [2.45, 2.75) is 25.8 Å². The van der Waals surface area contributed by atoms with Crippen LogP contribution >= 0.6 is 0 Å². The van der Waals surface area contributed by atoms with Gasteiger partial charge in [-0.3, -0.25) is 4.79 Å². The summed E-state index contributed by atoms with van der Waals surface area (Å²) in [5, 5.41) is 7.43. The molecule has 160 valence electrons. The largest absolute Gasteiger partial charge is 0.367 e. The van der Waals surface area contributed by atoms with E-state index in [-0.39, 0.29) is 17.6 Å². The number of hydrogen-bond donors (Lipinski definition) is 1. The molecule has 7 nitrogen and oxygen atoms in total. The molecule has 5 rings (SSSR count). The van der Waals surface area contributed by atoms with Crippen LogP contribution in [0.15, 0.2) is 42.7 Å². The maximum Gasteiger partial charge on any atom is 0.246 e. The number of nitrogens with zero attached hydrogens (tertiary/aromatic N) is 5. The summed E-state index contributed by atoms with van der Waals surface area (Å²) < 4.78 is 28.3. The standard InChI is InChI=1S/C22H22F2N6O/c1-14-5-17(10-18(6-14)28-11-20(12-28)29-4-2-3-21(29)31)26-22-25-13-30(27-22)19-8-15(23)7-16(24)9-19/h5-10,13,20H,2-4,11-12H2,1H3,(H,26,27). The third-order valence-electron chi connectivity index (χ3n) is 5.70. The van der Waals surface area contributed by atoms with Gasteiger partial charge < -0.3 is 15.1 Å². The molecular formula is C22H22F2N6O. The molecule has 0 bridgehead atoms. The number of aromatic nitrogens is 3. The van der Waals surface area contributed by atoms with Crippen molar-refractivity contribution < 1.29 is 13.6 Å². The quantitative estimate of drug-likeness (QED) is 0.680. The minimum Gasteiger partial charge on any atom is -0.367 e. The smallest absolute Gasteiger partial charge is 0.246 e. The molecule has 31 heavy (non-hydrogen) atoms. The predicted octanol–water partition coefficient (Wildman–Crippen LogP) is 3.41. The van der Waals surface area contributed by atoms with Crippen molar-refractivity contribution in [2.24, 2.45) is 0 Å². The van der Waals surface area contributed by atoms with E-state index in [0.717, 1.165) is 49.1 Å². The average molecular weight is 424 g/mol. The van der Waals surface area contributed by atoms with Gasteiger partial charge in [-0.2, -0.15) is 4.98 Å². The summed E-state index contributed by atoms with van der Waals surface area (Å²) in [6.07, 6.45) is 3.02. The summed E-state index contributed by atoms with van der Waals surface area (Å²) in [6.45, 7) is 4.53. The zero-order chi connectivity index (χ0) is 21.5. The Hall–Kier alpha value is -3.49. The van der Waals surface area contributed by atoms with Crippen molar-refractivity contribution in [2.75, 3.05) is 29.9 Å². The van der Waals surface area contributed by atoms with E-state index in [9.17, 15) is 13.6 Å². The summed E-state index contributed by atoms with van der Waals surface area (Å²) in [6, 6.07) is 9.58. The zero-order valence-electron chi connectivity index (χ0n) is 17.1. The lowest BCUT2D eigenvalue weighted by molar-refractivity contribution is -0.130. The molecular weight excluding hydrogens is 402 g/mol. The van der Waals surface area contributed by atoms with Gasteiger partial charge >= 0.3 is 0 Å². The molecule has 2 aliphatic rings. The summed E-state index contributed by atoms with van der Waals surface area (Å²) in [4.78, 5) is 20.4. The van der Waals surface area contributed by atoms with Gasteiger partial charge in [-0.25, -0.2) is 13.5 Å². The van der Waals surface area contributed by atoms with Crippen LogP contribution in [0.2, 0.25) is 0 Å². The summed E-state index contributed by atoms with van der Waals surface area (Å²) >= 11 is 0. The van der Waals surface area contributed by atoms with Gasteiger partial charge in [-0.05, 0) is 49.2 Å². The molecule has 1 amide bonds. The molecule has 2 aliphatic heterocycles. The molecule has 2 aromatic carbocycles. The van der Waals surface area contributed by atoms with E-state index in [4.69, 9.17) is 0 Å². The third kappa shape index (κ3) is 3.95. The van der Waals surface area contributed by atoms with Gasteiger partial charge in [0.25, 0.3) is 0 Å². The van der Waals surface area contributed by atoms with Crippen LogP contribution in [0.25, 0.3) is 5.69 Å². The number of amides is 1. The van der Waals surface area contributed by atoms with E-state index in [1.54, 1.807) is 0 Å². The second-order valence-corrected chi connectivity index (χ2v) is 8.07. The van der Waals surface area contributed by atoms with Gasteiger partial charge in [0.2, 0.25) is 11.9 Å². The Morgan fingerprint density at radius 3 is 2.52 bits per heavy atom. The Morgan fingerprint density at radius 2 is 1.81 bits per heavy atom. The number of anilines is 3. The Kier molecular flexibility index (Phi) is 4.80. The molecule has 0 saturated carbocycles. The minimum absolute atomic E-state index is 0.256. The van der Waals surface area contributed by atoms with Crippen molar-refractivity contribution in [3.05, 3.63) is 59.9 Å². The van der Waals surface area contributed by atoms with Gasteiger partial charge in [0.05, 0.1) is 11.7 Å². The molecule has 1 aromatic heterocycles. The maximum absolute atomic E-state index is 13.5. The molecule has 1 N–H and O–H groups in total. The molecule has 9 heteroatoms. The average Bonchev–Trinajstić information content (AvgIpc) is 3.29. The monoisotopic (exact) mass is 424 g/mol. The van der Waals surface area contributed by atoms with Crippen molar-refractivity contribution in [1.82, 2.24) is 19.7 Å². The fourth-order valence-corrected chi connectivity index (χ4v) is 4.18. The highest BCUT2D eigenvalue weighted by Crippen LogP contribution is 2.30.